The van der Waals surface area contributed by atoms with Crippen LogP contribution in [0.25, 0.3) is 0 Å². The highest BCUT2D eigenvalue weighted by Gasteiger charge is 2.44. The number of ketones is 1. The Kier molecular flexibility index (Phi) is 14.6. The number of hydrogen-bond donors (Lipinski definition) is 6. The van der Waals surface area contributed by atoms with Crippen molar-refractivity contribution in [1.29, 1.82) is 0 Å². The second-order valence-corrected chi connectivity index (χ2v) is 9.61. The van der Waals surface area contributed by atoms with Crippen molar-refractivity contribution >= 4 is 41.2 Å². The van der Waals surface area contributed by atoms with Crippen LogP contribution in [0.15, 0.2) is 12.7 Å². The van der Waals surface area contributed by atoms with Crippen LogP contribution in [0.2, 0.25) is 0 Å². The number of hydrogen-bond acceptors (Lipinski definition) is 7. The lowest BCUT2D eigenvalue weighted by atomic mass is 9.99. The van der Waals surface area contributed by atoms with E-state index in [9.17, 15) is 46.7 Å². The summed E-state index contributed by atoms with van der Waals surface area (Å²) in [6.45, 7) is 10.4. The molecule has 16 heteroatoms. The van der Waals surface area contributed by atoms with Crippen molar-refractivity contribution in [3.05, 3.63) is 12.7 Å². The van der Waals surface area contributed by atoms with Crippen molar-refractivity contribution < 1.29 is 46.7 Å². The molecule has 0 fully saturated rings. The maximum absolute atomic E-state index is 13.1. The number of alkyl halides is 3. The first kappa shape index (κ1) is 36.0. The van der Waals surface area contributed by atoms with Gasteiger partial charge in [0.05, 0.1) is 13.0 Å². The molecule has 0 aliphatic rings. The lowest BCUT2D eigenvalue weighted by Crippen LogP contribution is -2.60. The number of amides is 6. The maximum Gasteiger partial charge on any atom is 0.452 e. The first-order chi connectivity index (χ1) is 18.3. The smallest absolute Gasteiger partial charge is 0.370 e. The van der Waals surface area contributed by atoms with E-state index in [-0.39, 0.29) is 0 Å². The van der Waals surface area contributed by atoms with Gasteiger partial charge in [-0.3, -0.25) is 33.6 Å². The van der Waals surface area contributed by atoms with Crippen LogP contribution in [-0.4, -0.2) is 78.1 Å². The van der Waals surface area contributed by atoms with Crippen LogP contribution < -0.4 is 32.3 Å². The third kappa shape index (κ3) is 12.7. The molecular weight excluding hydrogens is 541 g/mol. The molecular formula is C24H37F3N6O7. The summed E-state index contributed by atoms with van der Waals surface area (Å²) < 4.78 is 38.8. The Morgan fingerprint density at radius 2 is 1.27 bits per heavy atom. The van der Waals surface area contributed by atoms with E-state index in [0.717, 1.165) is 6.08 Å². The molecule has 0 spiro atoms. The summed E-state index contributed by atoms with van der Waals surface area (Å²) in [7, 11) is 0. The van der Waals surface area contributed by atoms with Gasteiger partial charge in [0.25, 0.3) is 5.78 Å². The highest BCUT2D eigenvalue weighted by atomic mass is 19.4. The van der Waals surface area contributed by atoms with Crippen molar-refractivity contribution in [2.75, 3.05) is 6.54 Å². The minimum atomic E-state index is -5.28. The van der Waals surface area contributed by atoms with Gasteiger partial charge in [0, 0.05) is 6.92 Å². The Labute approximate surface area is 229 Å². The zero-order valence-corrected chi connectivity index (χ0v) is 22.9. The van der Waals surface area contributed by atoms with Gasteiger partial charge in [0.15, 0.2) is 0 Å². The normalized spacial score (nSPS) is 14.2. The average Bonchev–Trinajstić information content (AvgIpc) is 2.81. The molecule has 226 valence electrons. The number of primary amides is 1. The van der Waals surface area contributed by atoms with Crippen LogP contribution in [0.4, 0.5) is 13.2 Å². The predicted molar refractivity (Wildman–Crippen MR) is 136 cm³/mol. The molecule has 0 saturated heterocycles. The third-order valence-corrected chi connectivity index (χ3v) is 5.36. The summed E-state index contributed by atoms with van der Waals surface area (Å²) in [6.07, 6.45) is -5.72. The number of carbonyl (C=O) groups is 7. The fraction of sp³-hybridized carbons (Fsp3) is 0.625. The number of nitrogens with one attached hydrogen (secondary N) is 5. The van der Waals surface area contributed by atoms with E-state index in [2.05, 4.69) is 27.8 Å². The van der Waals surface area contributed by atoms with Gasteiger partial charge >= 0.3 is 6.18 Å². The number of Topliss-reactive ketones (excluding diaryl/α,β-unsaturated/α-hetero) is 1. The van der Waals surface area contributed by atoms with E-state index in [4.69, 9.17) is 5.73 Å². The summed E-state index contributed by atoms with van der Waals surface area (Å²) in [5.41, 5.74) is 5.14. The predicted octanol–water partition coefficient (Wildman–Crippen LogP) is -1.04. The Bertz CT molecular complexity index is 984. The van der Waals surface area contributed by atoms with E-state index in [1.807, 2.05) is 5.32 Å². The molecule has 0 rings (SSSR count). The van der Waals surface area contributed by atoms with Crippen LogP contribution in [0.1, 0.15) is 47.5 Å². The van der Waals surface area contributed by atoms with Crippen molar-refractivity contribution in [2.24, 2.45) is 17.6 Å². The molecule has 0 aromatic carbocycles. The summed E-state index contributed by atoms with van der Waals surface area (Å²) in [6, 6.07) is -6.31. The number of nitrogens with two attached hydrogens (primary N) is 1. The molecule has 13 nitrogen and oxygen atoms in total. The molecule has 7 N–H and O–H groups in total. The van der Waals surface area contributed by atoms with E-state index >= 15 is 0 Å². The lowest BCUT2D eigenvalue weighted by molar-refractivity contribution is -0.173. The molecule has 4 atom stereocenters. The lowest BCUT2D eigenvalue weighted by Gasteiger charge is -2.28. The van der Waals surface area contributed by atoms with Gasteiger partial charge in [-0.25, -0.2) is 0 Å². The van der Waals surface area contributed by atoms with E-state index in [0.29, 0.717) is 0 Å². The molecule has 0 radical (unpaired) electrons. The van der Waals surface area contributed by atoms with Gasteiger partial charge in [-0.1, -0.05) is 33.8 Å². The van der Waals surface area contributed by atoms with Crippen LogP contribution in [0, 0.1) is 11.8 Å². The Balaban J connectivity index is 5.79. The minimum Gasteiger partial charge on any atom is -0.370 e. The second kappa shape index (κ2) is 16.2. The first-order valence-corrected chi connectivity index (χ1v) is 12.3. The van der Waals surface area contributed by atoms with Gasteiger partial charge < -0.3 is 32.3 Å². The molecule has 0 heterocycles. The first-order valence-electron chi connectivity index (χ1n) is 12.3. The number of halogens is 3. The quantitative estimate of drug-likeness (QED) is 0.125. The van der Waals surface area contributed by atoms with Crippen molar-refractivity contribution in [2.45, 2.75) is 77.8 Å². The minimum absolute atomic E-state index is 0.395. The van der Waals surface area contributed by atoms with Crippen molar-refractivity contribution in [3.63, 3.8) is 0 Å². The molecule has 0 saturated carbocycles. The molecule has 0 bridgehead atoms. The number of carbonyl (C=O) groups excluding carboxylic acids is 7. The van der Waals surface area contributed by atoms with E-state index in [1.54, 1.807) is 13.8 Å². The summed E-state index contributed by atoms with van der Waals surface area (Å²) in [5, 5.41) is 11.2. The van der Waals surface area contributed by atoms with Gasteiger partial charge in [-0.15, -0.1) is 6.58 Å². The largest absolute Gasteiger partial charge is 0.452 e. The summed E-state index contributed by atoms with van der Waals surface area (Å²) in [4.78, 5) is 85.1. The Morgan fingerprint density at radius 1 is 0.800 bits per heavy atom. The second-order valence-electron chi connectivity index (χ2n) is 9.61. The molecule has 0 aromatic rings. The Hall–Kier alpha value is -3.98. The summed E-state index contributed by atoms with van der Waals surface area (Å²) >= 11 is 0. The molecule has 0 aliphatic heterocycles. The number of rotatable bonds is 16. The maximum atomic E-state index is 13.1. The molecule has 40 heavy (non-hydrogen) atoms. The molecule has 6 amide bonds. The van der Waals surface area contributed by atoms with Gasteiger partial charge in [-0.05, 0) is 18.3 Å². The van der Waals surface area contributed by atoms with Gasteiger partial charge in [0.1, 0.15) is 24.2 Å². The SMILES string of the molecule is C=CCC(NC(=O)C(CC(N)=O)NC(=O)C(NC(=O)C(NC(=O)CNC(C)=O)C(C)C)C(C)C)C(=O)C(F)(F)F. The molecule has 0 aliphatic carbocycles. The average molecular weight is 579 g/mol. The fourth-order valence-corrected chi connectivity index (χ4v) is 3.28. The van der Waals surface area contributed by atoms with Crippen molar-refractivity contribution in [1.82, 2.24) is 26.6 Å². The zero-order valence-electron chi connectivity index (χ0n) is 22.9. The van der Waals surface area contributed by atoms with Crippen molar-refractivity contribution in [3.8, 4) is 0 Å². The highest BCUT2D eigenvalue weighted by molar-refractivity contribution is 5.98. The topological polar surface area (TPSA) is 206 Å². The zero-order chi connectivity index (χ0) is 31.4. The highest BCUT2D eigenvalue weighted by Crippen LogP contribution is 2.19. The van der Waals surface area contributed by atoms with E-state index in [1.165, 1.54) is 20.8 Å². The van der Waals surface area contributed by atoms with Gasteiger partial charge in [-0.2, -0.15) is 13.2 Å². The van der Waals surface area contributed by atoms with Crippen LogP contribution in [0.3, 0.4) is 0 Å². The van der Waals surface area contributed by atoms with E-state index < -0.39 is 103 Å². The Morgan fingerprint density at radius 3 is 1.70 bits per heavy atom. The molecule has 4 unspecified atom stereocenters. The fourth-order valence-electron chi connectivity index (χ4n) is 3.28. The molecule has 0 aromatic heterocycles. The van der Waals surface area contributed by atoms with Crippen LogP contribution in [-0.2, 0) is 33.6 Å². The van der Waals surface area contributed by atoms with Gasteiger partial charge in [0.2, 0.25) is 35.4 Å². The van der Waals surface area contributed by atoms with Crippen LogP contribution >= 0.6 is 0 Å². The monoisotopic (exact) mass is 578 g/mol. The standard InChI is InChI=1S/C24H37F3N6O7/c1-7-8-14(20(37)24(25,26)27)30-21(38)15(9-16(28)35)31-22(39)19(12(4)5)33-23(40)18(11(2)3)32-17(36)10-29-13(6)34/h7,11-12,14-15,18-19H,1,8-10H2,2-6H3,(H2,28,35)(H,29,34)(H,30,38)(H,31,39)(H,32,36)(H,33,40). The summed E-state index contributed by atoms with van der Waals surface area (Å²) in [5.74, 6) is -8.62. The van der Waals surface area contributed by atoms with Crippen LogP contribution in [0.5, 0.6) is 0 Å². The third-order valence-electron chi connectivity index (χ3n) is 5.36.